The van der Waals surface area contributed by atoms with Gasteiger partial charge in [-0.25, -0.2) is 5.43 Å². The van der Waals surface area contributed by atoms with Crippen molar-refractivity contribution in [3.8, 4) is 17.2 Å². The summed E-state index contributed by atoms with van der Waals surface area (Å²) in [7, 11) is 0. The monoisotopic (exact) mass is 370 g/mol. The molecule has 2 aromatic rings. The molecule has 2 aromatic carbocycles. The molecule has 27 heavy (non-hydrogen) atoms. The van der Waals surface area contributed by atoms with Crippen molar-refractivity contribution >= 4 is 12.1 Å². The van der Waals surface area contributed by atoms with Crippen LogP contribution in [0.2, 0.25) is 0 Å². The molecule has 0 unspecified atom stereocenters. The van der Waals surface area contributed by atoms with Crippen molar-refractivity contribution in [2.45, 2.75) is 27.7 Å². The van der Waals surface area contributed by atoms with Crippen LogP contribution in [0.5, 0.6) is 17.2 Å². The van der Waals surface area contributed by atoms with Gasteiger partial charge in [0, 0.05) is 5.56 Å². The lowest BCUT2D eigenvalue weighted by molar-refractivity contribution is 0.0954. The molecule has 0 aliphatic rings. The highest BCUT2D eigenvalue weighted by Crippen LogP contribution is 2.39. The first-order chi connectivity index (χ1) is 13.1. The van der Waals surface area contributed by atoms with Gasteiger partial charge in [-0.1, -0.05) is 29.8 Å². The quantitative estimate of drug-likeness (QED) is 0.536. The minimum Gasteiger partial charge on any atom is -0.490 e. The first-order valence-corrected chi connectivity index (χ1v) is 9.05. The molecular formula is C21H26N2O4. The number of hydrogen-bond donors (Lipinski definition) is 1. The number of carbonyl (C=O) groups is 1. The number of benzene rings is 2. The third kappa shape index (κ3) is 5.74. The Morgan fingerprint density at radius 1 is 1.00 bits per heavy atom. The average molecular weight is 370 g/mol. The highest BCUT2D eigenvalue weighted by molar-refractivity contribution is 5.96. The van der Waals surface area contributed by atoms with Gasteiger partial charge in [0.1, 0.15) is 0 Å². The molecular weight excluding hydrogens is 344 g/mol. The van der Waals surface area contributed by atoms with Crippen LogP contribution < -0.4 is 19.6 Å². The van der Waals surface area contributed by atoms with Gasteiger partial charge in [0.05, 0.1) is 26.0 Å². The zero-order valence-electron chi connectivity index (χ0n) is 16.2. The Labute approximate surface area is 160 Å². The van der Waals surface area contributed by atoms with Gasteiger partial charge in [-0.05, 0) is 45.4 Å². The molecule has 2 rings (SSSR count). The summed E-state index contributed by atoms with van der Waals surface area (Å²) >= 11 is 0. The summed E-state index contributed by atoms with van der Waals surface area (Å²) in [6, 6.07) is 11.1. The summed E-state index contributed by atoms with van der Waals surface area (Å²) in [5.74, 6) is 1.08. The van der Waals surface area contributed by atoms with Crippen LogP contribution in [0, 0.1) is 6.92 Å². The second kappa shape index (κ2) is 10.2. The minimum atomic E-state index is -0.358. The van der Waals surface area contributed by atoms with Gasteiger partial charge >= 0.3 is 0 Å². The first kappa shape index (κ1) is 20.3. The summed E-state index contributed by atoms with van der Waals surface area (Å²) in [5, 5.41) is 4.03. The van der Waals surface area contributed by atoms with Gasteiger partial charge < -0.3 is 14.2 Å². The van der Waals surface area contributed by atoms with E-state index in [-0.39, 0.29) is 5.91 Å². The lowest BCUT2D eigenvalue weighted by Gasteiger charge is -2.16. The molecule has 0 fully saturated rings. The molecule has 6 nitrogen and oxygen atoms in total. The van der Waals surface area contributed by atoms with E-state index in [1.807, 2.05) is 52.0 Å². The van der Waals surface area contributed by atoms with Crippen molar-refractivity contribution in [2.75, 3.05) is 19.8 Å². The number of ether oxygens (including phenoxy) is 3. The Kier molecular flexibility index (Phi) is 7.67. The van der Waals surface area contributed by atoms with E-state index in [2.05, 4.69) is 10.5 Å². The van der Waals surface area contributed by atoms with Crippen molar-refractivity contribution in [2.24, 2.45) is 5.10 Å². The Morgan fingerprint density at radius 2 is 1.63 bits per heavy atom. The summed E-state index contributed by atoms with van der Waals surface area (Å²) in [6.45, 7) is 8.98. The van der Waals surface area contributed by atoms with Gasteiger partial charge in [0.2, 0.25) is 5.75 Å². The Balaban J connectivity index is 2.23. The summed E-state index contributed by atoms with van der Waals surface area (Å²) in [5.41, 5.74) is 4.95. The van der Waals surface area contributed by atoms with E-state index in [0.717, 1.165) is 11.1 Å². The predicted octanol–water partition coefficient (Wildman–Crippen LogP) is 3.96. The minimum absolute atomic E-state index is 0.358. The third-order valence-corrected chi connectivity index (χ3v) is 3.59. The number of aryl methyl sites for hydroxylation is 1. The average Bonchev–Trinajstić information content (AvgIpc) is 2.64. The van der Waals surface area contributed by atoms with E-state index < -0.39 is 0 Å². The zero-order valence-corrected chi connectivity index (χ0v) is 16.2. The lowest BCUT2D eigenvalue weighted by atomic mass is 10.1. The summed E-state index contributed by atoms with van der Waals surface area (Å²) in [4.78, 5) is 12.5. The van der Waals surface area contributed by atoms with Crippen LogP contribution in [0.4, 0.5) is 0 Å². The Morgan fingerprint density at radius 3 is 2.19 bits per heavy atom. The Hall–Kier alpha value is -3.02. The van der Waals surface area contributed by atoms with E-state index in [0.29, 0.717) is 42.6 Å². The molecule has 0 aliphatic heterocycles. The number of nitrogens with one attached hydrogen (secondary N) is 1. The van der Waals surface area contributed by atoms with E-state index in [1.54, 1.807) is 18.3 Å². The maximum atomic E-state index is 12.5. The molecule has 0 atom stereocenters. The molecule has 0 saturated carbocycles. The maximum absolute atomic E-state index is 12.5. The summed E-state index contributed by atoms with van der Waals surface area (Å²) < 4.78 is 16.9. The molecule has 0 aliphatic carbocycles. The van der Waals surface area contributed by atoms with Gasteiger partial charge in [-0.15, -0.1) is 0 Å². The number of rotatable bonds is 9. The van der Waals surface area contributed by atoms with E-state index in [4.69, 9.17) is 14.2 Å². The van der Waals surface area contributed by atoms with Crippen LogP contribution in [0.3, 0.4) is 0 Å². The van der Waals surface area contributed by atoms with Gasteiger partial charge in [0.25, 0.3) is 5.91 Å². The van der Waals surface area contributed by atoms with Crippen LogP contribution >= 0.6 is 0 Å². The van der Waals surface area contributed by atoms with E-state index >= 15 is 0 Å². The maximum Gasteiger partial charge on any atom is 0.271 e. The second-order valence-corrected chi connectivity index (χ2v) is 5.71. The van der Waals surface area contributed by atoms with Crippen LogP contribution in [0.15, 0.2) is 41.5 Å². The molecule has 1 amide bonds. The van der Waals surface area contributed by atoms with Crippen LogP contribution in [0.25, 0.3) is 0 Å². The van der Waals surface area contributed by atoms with Gasteiger partial charge in [0.15, 0.2) is 11.5 Å². The third-order valence-electron chi connectivity index (χ3n) is 3.59. The molecule has 0 bridgehead atoms. The van der Waals surface area contributed by atoms with E-state index in [9.17, 15) is 4.79 Å². The van der Waals surface area contributed by atoms with Crippen molar-refractivity contribution in [3.05, 3.63) is 53.1 Å². The lowest BCUT2D eigenvalue weighted by Crippen LogP contribution is -2.18. The standard InChI is InChI=1S/C21H26N2O4/c1-5-25-18-12-17(13-19(26-6-2)20(18)27-7-3)21(24)23-22-14-16-10-8-9-15(4)11-16/h8-14H,5-7H2,1-4H3,(H,23,24)/b22-14+. The smallest absolute Gasteiger partial charge is 0.271 e. The van der Waals surface area contributed by atoms with Crippen molar-refractivity contribution in [3.63, 3.8) is 0 Å². The number of hydrazone groups is 1. The predicted molar refractivity (Wildman–Crippen MR) is 106 cm³/mol. The number of carbonyl (C=O) groups excluding carboxylic acids is 1. The number of amides is 1. The van der Waals surface area contributed by atoms with Gasteiger partial charge in [-0.3, -0.25) is 4.79 Å². The molecule has 0 spiro atoms. The number of nitrogens with zero attached hydrogens (tertiary/aromatic N) is 1. The molecule has 0 heterocycles. The molecule has 144 valence electrons. The van der Waals surface area contributed by atoms with Crippen LogP contribution in [-0.4, -0.2) is 31.9 Å². The molecule has 0 radical (unpaired) electrons. The van der Waals surface area contributed by atoms with Crippen molar-refractivity contribution in [1.82, 2.24) is 5.43 Å². The van der Waals surface area contributed by atoms with Gasteiger partial charge in [-0.2, -0.15) is 5.10 Å². The largest absolute Gasteiger partial charge is 0.490 e. The fourth-order valence-electron chi connectivity index (χ4n) is 2.50. The first-order valence-electron chi connectivity index (χ1n) is 9.05. The number of hydrogen-bond acceptors (Lipinski definition) is 5. The highest BCUT2D eigenvalue weighted by atomic mass is 16.5. The topological polar surface area (TPSA) is 69.2 Å². The molecule has 1 N–H and O–H groups in total. The molecule has 6 heteroatoms. The normalized spacial score (nSPS) is 10.7. The fraction of sp³-hybridized carbons (Fsp3) is 0.333. The van der Waals surface area contributed by atoms with Crippen LogP contribution in [0.1, 0.15) is 42.3 Å². The molecule has 0 aromatic heterocycles. The molecule has 0 saturated heterocycles. The van der Waals surface area contributed by atoms with Crippen LogP contribution in [-0.2, 0) is 0 Å². The second-order valence-electron chi connectivity index (χ2n) is 5.71. The van der Waals surface area contributed by atoms with Crippen molar-refractivity contribution < 1.29 is 19.0 Å². The highest BCUT2D eigenvalue weighted by Gasteiger charge is 2.18. The van der Waals surface area contributed by atoms with Crippen molar-refractivity contribution in [1.29, 1.82) is 0 Å². The zero-order chi connectivity index (χ0) is 19.6. The SMILES string of the molecule is CCOc1cc(C(=O)N/N=C/c2cccc(C)c2)cc(OCC)c1OCC. The fourth-order valence-corrected chi connectivity index (χ4v) is 2.50. The van der Waals surface area contributed by atoms with E-state index in [1.165, 1.54) is 0 Å². The Bertz CT molecular complexity index is 776. The summed E-state index contributed by atoms with van der Waals surface area (Å²) in [6.07, 6.45) is 1.60.